The number of H-pyrrole nitrogens is 1. The van der Waals surface area contributed by atoms with Crippen molar-refractivity contribution in [2.45, 2.75) is 12.8 Å². The summed E-state index contributed by atoms with van der Waals surface area (Å²) in [6.07, 6.45) is 4.22. The van der Waals surface area contributed by atoms with Gasteiger partial charge in [-0.05, 0) is 18.1 Å². The molecule has 3 nitrogen and oxygen atoms in total. The highest BCUT2D eigenvalue weighted by Gasteiger charge is 2.06. The fourth-order valence-electron chi connectivity index (χ4n) is 1.78. The summed E-state index contributed by atoms with van der Waals surface area (Å²) in [5.74, 6) is 0.838. The summed E-state index contributed by atoms with van der Waals surface area (Å²) in [5.41, 5.74) is 2.16. The minimum Gasteiger partial charge on any atom is -0.495 e. The van der Waals surface area contributed by atoms with Crippen LogP contribution in [0, 0.1) is 0 Å². The Kier molecular flexibility index (Phi) is 2.72. The van der Waals surface area contributed by atoms with E-state index in [2.05, 4.69) is 4.98 Å². The zero-order valence-corrected chi connectivity index (χ0v) is 8.62. The molecule has 0 aliphatic rings. The van der Waals surface area contributed by atoms with Gasteiger partial charge in [-0.1, -0.05) is 12.1 Å². The van der Waals surface area contributed by atoms with E-state index in [-0.39, 0.29) is 0 Å². The summed E-state index contributed by atoms with van der Waals surface area (Å²) in [6.45, 7) is 0. The third kappa shape index (κ3) is 1.73. The molecular weight excluding hydrogens is 190 g/mol. The van der Waals surface area contributed by atoms with Crippen LogP contribution in [0.2, 0.25) is 0 Å². The average Bonchev–Trinajstić information content (AvgIpc) is 2.69. The normalized spacial score (nSPS) is 10.5. The number of fused-ring (bicyclic) bond motifs is 1. The van der Waals surface area contributed by atoms with Crippen LogP contribution >= 0.6 is 0 Å². The highest BCUT2D eigenvalue weighted by atomic mass is 16.5. The van der Waals surface area contributed by atoms with Gasteiger partial charge in [-0.25, -0.2) is 0 Å². The van der Waals surface area contributed by atoms with E-state index in [0.717, 1.165) is 34.9 Å². The standard InChI is InChI=1S/C12H13NO2/c1-15-11-6-2-5-10-9(4-3-7-14)8-13-12(10)11/h2,5-8,13H,3-4H2,1H3. The van der Waals surface area contributed by atoms with Crippen LogP contribution < -0.4 is 4.74 Å². The number of aldehydes is 1. The number of rotatable bonds is 4. The lowest BCUT2D eigenvalue weighted by Crippen LogP contribution is -1.85. The number of aryl methyl sites for hydroxylation is 1. The van der Waals surface area contributed by atoms with Crippen molar-refractivity contribution in [1.29, 1.82) is 0 Å². The number of carbonyl (C=O) groups is 1. The van der Waals surface area contributed by atoms with E-state index >= 15 is 0 Å². The molecule has 1 aromatic carbocycles. The molecule has 2 aromatic rings. The minimum absolute atomic E-state index is 0.560. The van der Waals surface area contributed by atoms with E-state index in [9.17, 15) is 4.79 Å². The number of aromatic nitrogens is 1. The monoisotopic (exact) mass is 203 g/mol. The molecule has 0 radical (unpaired) electrons. The molecule has 0 spiro atoms. The van der Waals surface area contributed by atoms with Crippen LogP contribution in [-0.2, 0) is 11.2 Å². The number of hydrogen-bond donors (Lipinski definition) is 1. The summed E-state index contributed by atoms with van der Waals surface area (Å²) >= 11 is 0. The van der Waals surface area contributed by atoms with Crippen LogP contribution in [0.5, 0.6) is 5.75 Å². The molecule has 1 N–H and O–H groups in total. The van der Waals surface area contributed by atoms with Gasteiger partial charge in [0.25, 0.3) is 0 Å². The van der Waals surface area contributed by atoms with E-state index in [4.69, 9.17) is 4.74 Å². The number of nitrogens with one attached hydrogen (secondary N) is 1. The molecule has 0 fully saturated rings. The molecule has 0 amide bonds. The first-order chi connectivity index (χ1) is 7.36. The van der Waals surface area contributed by atoms with E-state index in [1.807, 2.05) is 24.4 Å². The van der Waals surface area contributed by atoms with Gasteiger partial charge in [-0.3, -0.25) is 0 Å². The topological polar surface area (TPSA) is 42.1 Å². The van der Waals surface area contributed by atoms with Crippen molar-refractivity contribution in [3.8, 4) is 5.75 Å². The summed E-state index contributed by atoms with van der Waals surface area (Å²) in [7, 11) is 1.65. The first kappa shape index (κ1) is 9.77. The number of hydrogen-bond acceptors (Lipinski definition) is 2. The van der Waals surface area contributed by atoms with E-state index in [0.29, 0.717) is 6.42 Å². The minimum atomic E-state index is 0.560. The van der Waals surface area contributed by atoms with Crippen molar-refractivity contribution in [3.63, 3.8) is 0 Å². The smallest absolute Gasteiger partial charge is 0.142 e. The number of carbonyl (C=O) groups excluding carboxylic acids is 1. The average molecular weight is 203 g/mol. The van der Waals surface area contributed by atoms with Gasteiger partial charge in [-0.2, -0.15) is 0 Å². The summed E-state index contributed by atoms with van der Waals surface area (Å²) in [5, 5.41) is 1.14. The molecule has 0 unspecified atom stereocenters. The summed E-state index contributed by atoms with van der Waals surface area (Å²) < 4.78 is 5.24. The molecule has 15 heavy (non-hydrogen) atoms. The van der Waals surface area contributed by atoms with Crippen molar-refractivity contribution in [2.75, 3.05) is 7.11 Å². The van der Waals surface area contributed by atoms with Crippen molar-refractivity contribution in [3.05, 3.63) is 30.0 Å². The van der Waals surface area contributed by atoms with Gasteiger partial charge in [-0.15, -0.1) is 0 Å². The number of para-hydroxylation sites is 1. The maximum absolute atomic E-state index is 10.3. The van der Waals surface area contributed by atoms with E-state index in [1.165, 1.54) is 0 Å². The molecule has 0 saturated carbocycles. The molecule has 1 heterocycles. The molecule has 78 valence electrons. The fourth-order valence-corrected chi connectivity index (χ4v) is 1.78. The Labute approximate surface area is 88.1 Å². The lowest BCUT2D eigenvalue weighted by molar-refractivity contribution is -0.107. The van der Waals surface area contributed by atoms with Gasteiger partial charge >= 0.3 is 0 Å². The first-order valence-electron chi connectivity index (χ1n) is 4.93. The second-order valence-electron chi connectivity index (χ2n) is 3.40. The van der Waals surface area contributed by atoms with E-state index < -0.39 is 0 Å². The Hall–Kier alpha value is -1.77. The zero-order chi connectivity index (χ0) is 10.7. The van der Waals surface area contributed by atoms with Gasteiger partial charge in [0.15, 0.2) is 0 Å². The Bertz CT molecular complexity index is 473. The molecule has 0 atom stereocenters. The SMILES string of the molecule is COc1cccc2c(CCC=O)c[nH]c12. The maximum Gasteiger partial charge on any atom is 0.142 e. The van der Waals surface area contributed by atoms with Crippen molar-refractivity contribution in [1.82, 2.24) is 4.98 Å². The number of methoxy groups -OCH3 is 1. The number of benzene rings is 1. The van der Waals surface area contributed by atoms with Gasteiger partial charge in [0.05, 0.1) is 12.6 Å². The second-order valence-corrected chi connectivity index (χ2v) is 3.40. The fraction of sp³-hybridized carbons (Fsp3) is 0.250. The third-order valence-corrected chi connectivity index (χ3v) is 2.51. The summed E-state index contributed by atoms with van der Waals surface area (Å²) in [6, 6.07) is 5.91. The predicted molar refractivity (Wildman–Crippen MR) is 59.2 cm³/mol. The Morgan fingerprint density at radius 1 is 1.47 bits per heavy atom. The Morgan fingerprint density at radius 2 is 2.33 bits per heavy atom. The van der Waals surface area contributed by atoms with Crippen LogP contribution in [0.25, 0.3) is 10.9 Å². The van der Waals surface area contributed by atoms with Crippen LogP contribution in [0.15, 0.2) is 24.4 Å². The molecule has 0 aliphatic heterocycles. The lowest BCUT2D eigenvalue weighted by atomic mass is 10.1. The predicted octanol–water partition coefficient (Wildman–Crippen LogP) is 2.31. The maximum atomic E-state index is 10.3. The van der Waals surface area contributed by atoms with Crippen LogP contribution in [0.3, 0.4) is 0 Å². The van der Waals surface area contributed by atoms with E-state index in [1.54, 1.807) is 7.11 Å². The second kappa shape index (κ2) is 4.17. The molecule has 3 heteroatoms. The number of aromatic amines is 1. The van der Waals surface area contributed by atoms with Crippen molar-refractivity contribution >= 4 is 17.2 Å². The molecular formula is C12H13NO2. The van der Waals surface area contributed by atoms with Gasteiger partial charge in [0, 0.05) is 18.0 Å². The first-order valence-corrected chi connectivity index (χ1v) is 4.93. The molecule has 2 rings (SSSR count). The summed E-state index contributed by atoms with van der Waals surface area (Å²) in [4.78, 5) is 13.5. The highest BCUT2D eigenvalue weighted by molar-refractivity contribution is 5.88. The third-order valence-electron chi connectivity index (χ3n) is 2.51. The van der Waals surface area contributed by atoms with Gasteiger partial charge < -0.3 is 14.5 Å². The lowest BCUT2D eigenvalue weighted by Gasteiger charge is -2.01. The van der Waals surface area contributed by atoms with Gasteiger partial charge in [0.2, 0.25) is 0 Å². The van der Waals surface area contributed by atoms with Crippen LogP contribution in [0.4, 0.5) is 0 Å². The van der Waals surface area contributed by atoms with Crippen molar-refractivity contribution in [2.24, 2.45) is 0 Å². The molecule has 0 aliphatic carbocycles. The quantitative estimate of drug-likeness (QED) is 0.775. The van der Waals surface area contributed by atoms with Crippen LogP contribution in [-0.4, -0.2) is 18.4 Å². The molecule has 0 bridgehead atoms. The largest absolute Gasteiger partial charge is 0.495 e. The highest BCUT2D eigenvalue weighted by Crippen LogP contribution is 2.27. The number of ether oxygens (including phenoxy) is 1. The molecule has 0 saturated heterocycles. The van der Waals surface area contributed by atoms with Crippen LogP contribution in [0.1, 0.15) is 12.0 Å². The Balaban J connectivity index is 2.46. The van der Waals surface area contributed by atoms with Gasteiger partial charge in [0.1, 0.15) is 12.0 Å². The van der Waals surface area contributed by atoms with Crippen molar-refractivity contribution < 1.29 is 9.53 Å². The Morgan fingerprint density at radius 3 is 3.07 bits per heavy atom. The molecule has 1 aromatic heterocycles. The zero-order valence-electron chi connectivity index (χ0n) is 8.62.